The number of H-pyrrole nitrogens is 1. The first kappa shape index (κ1) is 18.7. The van der Waals surface area contributed by atoms with Crippen LogP contribution in [0.2, 0.25) is 0 Å². The Hall–Kier alpha value is -2.13. The number of nitrogens with one attached hydrogen (secondary N) is 2. The fourth-order valence-corrected chi connectivity index (χ4v) is 3.58. The van der Waals surface area contributed by atoms with Gasteiger partial charge in [0.15, 0.2) is 5.16 Å². The van der Waals surface area contributed by atoms with Crippen LogP contribution in [0.25, 0.3) is 0 Å². The molecule has 0 bridgehead atoms. The van der Waals surface area contributed by atoms with E-state index in [4.69, 9.17) is 4.74 Å². The van der Waals surface area contributed by atoms with Gasteiger partial charge in [-0.05, 0) is 37.5 Å². The Balaban J connectivity index is 1.54. The van der Waals surface area contributed by atoms with Gasteiger partial charge in [-0.25, -0.2) is 14.3 Å². The molecule has 0 radical (unpaired) electrons. The van der Waals surface area contributed by atoms with Crippen LogP contribution in [0.3, 0.4) is 0 Å². The maximum atomic E-state index is 13.0. The van der Waals surface area contributed by atoms with E-state index in [-0.39, 0.29) is 35.3 Å². The molecule has 1 aliphatic heterocycles. The number of nitrogens with zero attached hydrogens (tertiary/aromatic N) is 2. The molecule has 1 amide bonds. The van der Waals surface area contributed by atoms with E-state index in [2.05, 4.69) is 15.5 Å². The standard InChI is InChI=1S/C17H21FN4O3S/c1-11(12-4-6-13(18)7-5-12)19-15(23)10-26-17-21-20-16(24)22(17)9-14-3-2-8-25-14/h4-7,11,14H,2-3,8-10H2,1H3,(H,19,23)(H,20,24). The Bertz CT molecular complexity index is 799. The highest BCUT2D eigenvalue weighted by atomic mass is 32.2. The molecule has 0 aliphatic carbocycles. The number of benzene rings is 1. The molecule has 2 aromatic rings. The van der Waals surface area contributed by atoms with Crippen molar-refractivity contribution in [1.29, 1.82) is 0 Å². The topological polar surface area (TPSA) is 89.0 Å². The number of hydrogen-bond donors (Lipinski definition) is 2. The molecule has 1 saturated heterocycles. The second-order valence-electron chi connectivity index (χ2n) is 6.19. The van der Waals surface area contributed by atoms with Crippen LogP contribution >= 0.6 is 11.8 Å². The summed E-state index contributed by atoms with van der Waals surface area (Å²) < 4.78 is 20.0. The van der Waals surface area contributed by atoms with Crippen LogP contribution in [-0.2, 0) is 16.1 Å². The fraction of sp³-hybridized carbons (Fsp3) is 0.471. The largest absolute Gasteiger partial charge is 0.376 e. The Morgan fingerprint density at radius 3 is 2.96 bits per heavy atom. The lowest BCUT2D eigenvalue weighted by Gasteiger charge is -2.14. The monoisotopic (exact) mass is 380 g/mol. The second kappa shape index (κ2) is 8.50. The number of halogens is 1. The van der Waals surface area contributed by atoms with E-state index in [0.717, 1.165) is 18.4 Å². The summed E-state index contributed by atoms with van der Waals surface area (Å²) in [6.07, 6.45) is 1.91. The predicted molar refractivity (Wildman–Crippen MR) is 95.5 cm³/mol. The molecular weight excluding hydrogens is 359 g/mol. The van der Waals surface area contributed by atoms with Crippen molar-refractivity contribution in [1.82, 2.24) is 20.1 Å². The molecule has 2 N–H and O–H groups in total. The van der Waals surface area contributed by atoms with Gasteiger partial charge < -0.3 is 10.1 Å². The summed E-state index contributed by atoms with van der Waals surface area (Å²) in [6.45, 7) is 2.98. The summed E-state index contributed by atoms with van der Waals surface area (Å²) in [5.74, 6) is -0.377. The van der Waals surface area contributed by atoms with Gasteiger partial charge in [0.25, 0.3) is 0 Å². The fourth-order valence-electron chi connectivity index (χ4n) is 2.81. The molecule has 0 saturated carbocycles. The summed E-state index contributed by atoms with van der Waals surface area (Å²) in [5, 5.41) is 9.73. The van der Waals surface area contributed by atoms with Crippen molar-refractivity contribution in [3.8, 4) is 0 Å². The summed E-state index contributed by atoms with van der Waals surface area (Å²) in [7, 11) is 0. The zero-order valence-corrected chi connectivity index (χ0v) is 15.2. The highest BCUT2D eigenvalue weighted by Gasteiger charge is 2.20. The normalized spacial score (nSPS) is 18.0. The van der Waals surface area contributed by atoms with Gasteiger partial charge in [-0.15, -0.1) is 5.10 Å². The van der Waals surface area contributed by atoms with Crippen LogP contribution in [0.1, 0.15) is 31.4 Å². The number of carbonyl (C=O) groups is 1. The summed E-state index contributed by atoms with van der Waals surface area (Å²) >= 11 is 1.19. The molecule has 7 nitrogen and oxygen atoms in total. The van der Waals surface area contributed by atoms with Crippen molar-refractivity contribution in [2.45, 2.75) is 43.6 Å². The zero-order valence-electron chi connectivity index (χ0n) is 14.4. The third kappa shape index (κ3) is 4.73. The quantitative estimate of drug-likeness (QED) is 0.716. The van der Waals surface area contributed by atoms with Gasteiger partial charge in [0.2, 0.25) is 5.91 Å². The molecule has 2 unspecified atom stereocenters. The van der Waals surface area contributed by atoms with Gasteiger partial charge >= 0.3 is 5.69 Å². The third-order valence-electron chi connectivity index (χ3n) is 4.21. The zero-order chi connectivity index (χ0) is 18.5. The molecule has 2 heterocycles. The first-order valence-corrected chi connectivity index (χ1v) is 9.46. The van der Waals surface area contributed by atoms with E-state index < -0.39 is 0 Å². The van der Waals surface area contributed by atoms with Gasteiger partial charge in [0, 0.05) is 6.61 Å². The first-order valence-electron chi connectivity index (χ1n) is 8.47. The number of aromatic nitrogens is 3. The van der Waals surface area contributed by atoms with Crippen molar-refractivity contribution in [3.05, 3.63) is 46.1 Å². The number of aromatic amines is 1. The maximum Gasteiger partial charge on any atom is 0.344 e. The van der Waals surface area contributed by atoms with E-state index in [1.165, 1.54) is 28.5 Å². The lowest BCUT2D eigenvalue weighted by atomic mass is 10.1. The first-order chi connectivity index (χ1) is 12.5. The molecule has 26 heavy (non-hydrogen) atoms. The minimum Gasteiger partial charge on any atom is -0.376 e. The molecular formula is C17H21FN4O3S. The van der Waals surface area contributed by atoms with Crippen molar-refractivity contribution < 1.29 is 13.9 Å². The number of rotatable bonds is 7. The predicted octanol–water partition coefficient (Wildman–Crippen LogP) is 1.86. The van der Waals surface area contributed by atoms with E-state index in [1.54, 1.807) is 12.1 Å². The number of ether oxygens (including phenoxy) is 1. The molecule has 1 aromatic carbocycles. The van der Waals surface area contributed by atoms with Crippen molar-refractivity contribution in [2.24, 2.45) is 0 Å². The van der Waals surface area contributed by atoms with Crippen molar-refractivity contribution in [2.75, 3.05) is 12.4 Å². The van der Waals surface area contributed by atoms with Gasteiger partial charge in [0.05, 0.1) is 24.4 Å². The molecule has 140 valence electrons. The van der Waals surface area contributed by atoms with E-state index in [9.17, 15) is 14.0 Å². The Labute approximate surface area is 154 Å². The molecule has 0 spiro atoms. The average Bonchev–Trinajstić information content (AvgIpc) is 3.25. The van der Waals surface area contributed by atoms with E-state index in [1.807, 2.05) is 6.92 Å². The summed E-state index contributed by atoms with van der Waals surface area (Å²) in [5.41, 5.74) is 0.517. The molecule has 9 heteroatoms. The maximum absolute atomic E-state index is 13.0. The van der Waals surface area contributed by atoms with Crippen LogP contribution < -0.4 is 11.0 Å². The highest BCUT2D eigenvalue weighted by Crippen LogP contribution is 2.18. The highest BCUT2D eigenvalue weighted by molar-refractivity contribution is 7.99. The SMILES string of the molecule is CC(NC(=O)CSc1n[nH]c(=O)n1CC1CCCO1)c1ccc(F)cc1. The van der Waals surface area contributed by atoms with E-state index in [0.29, 0.717) is 18.3 Å². The van der Waals surface area contributed by atoms with Gasteiger partial charge in [-0.2, -0.15) is 0 Å². The van der Waals surface area contributed by atoms with Crippen molar-refractivity contribution >= 4 is 17.7 Å². The molecule has 3 rings (SSSR count). The smallest absolute Gasteiger partial charge is 0.344 e. The third-order valence-corrected chi connectivity index (χ3v) is 5.19. The van der Waals surface area contributed by atoms with Crippen LogP contribution in [-0.4, -0.2) is 39.1 Å². The van der Waals surface area contributed by atoms with Crippen LogP contribution in [0.4, 0.5) is 4.39 Å². The number of thioether (sulfide) groups is 1. The molecule has 1 aromatic heterocycles. The lowest BCUT2D eigenvalue weighted by molar-refractivity contribution is -0.119. The van der Waals surface area contributed by atoms with Gasteiger partial charge in [-0.3, -0.25) is 9.36 Å². The minimum atomic E-state index is -0.314. The summed E-state index contributed by atoms with van der Waals surface area (Å²) in [4.78, 5) is 24.1. The molecule has 2 atom stereocenters. The Morgan fingerprint density at radius 1 is 1.50 bits per heavy atom. The van der Waals surface area contributed by atoms with Crippen LogP contribution in [0.5, 0.6) is 0 Å². The Kier molecular flexibility index (Phi) is 6.10. The minimum absolute atomic E-state index is 0.0111. The molecule has 1 fully saturated rings. The Morgan fingerprint density at radius 2 is 2.27 bits per heavy atom. The van der Waals surface area contributed by atoms with Crippen LogP contribution in [0, 0.1) is 5.82 Å². The number of carbonyl (C=O) groups excluding carboxylic acids is 1. The molecule has 1 aliphatic rings. The van der Waals surface area contributed by atoms with E-state index >= 15 is 0 Å². The average molecular weight is 380 g/mol. The number of amides is 1. The lowest BCUT2D eigenvalue weighted by Crippen LogP contribution is -2.29. The number of hydrogen-bond acceptors (Lipinski definition) is 5. The second-order valence-corrected chi connectivity index (χ2v) is 7.13. The van der Waals surface area contributed by atoms with Gasteiger partial charge in [0.1, 0.15) is 5.82 Å². The van der Waals surface area contributed by atoms with Crippen LogP contribution in [0.15, 0.2) is 34.2 Å². The van der Waals surface area contributed by atoms with Gasteiger partial charge in [-0.1, -0.05) is 23.9 Å². The summed E-state index contributed by atoms with van der Waals surface area (Å²) in [6, 6.07) is 5.76. The van der Waals surface area contributed by atoms with Crippen molar-refractivity contribution in [3.63, 3.8) is 0 Å².